The third-order valence-electron chi connectivity index (χ3n) is 4.58. The van der Waals surface area contributed by atoms with Crippen LogP contribution < -0.4 is 5.32 Å². The predicted octanol–water partition coefficient (Wildman–Crippen LogP) is 2.81. The van der Waals surface area contributed by atoms with Gasteiger partial charge in [0.1, 0.15) is 5.82 Å². The van der Waals surface area contributed by atoms with E-state index in [0.29, 0.717) is 35.5 Å². The topological polar surface area (TPSA) is 84.8 Å². The summed E-state index contributed by atoms with van der Waals surface area (Å²) in [5, 5.41) is 14.6. The van der Waals surface area contributed by atoms with E-state index in [4.69, 9.17) is 4.74 Å². The zero-order valence-electron chi connectivity index (χ0n) is 13.8. The van der Waals surface area contributed by atoms with Crippen molar-refractivity contribution in [1.29, 1.82) is 0 Å². The van der Waals surface area contributed by atoms with Crippen molar-refractivity contribution in [1.82, 2.24) is 20.0 Å². The van der Waals surface area contributed by atoms with Crippen molar-refractivity contribution in [3.8, 4) is 0 Å². The van der Waals surface area contributed by atoms with Gasteiger partial charge in [-0.15, -0.1) is 0 Å². The highest BCUT2D eigenvalue weighted by molar-refractivity contribution is 6.08. The van der Waals surface area contributed by atoms with Crippen LogP contribution in [0.15, 0.2) is 24.4 Å². The zero-order valence-corrected chi connectivity index (χ0v) is 13.8. The Morgan fingerprint density at radius 3 is 3.00 bits per heavy atom. The predicted molar refractivity (Wildman–Crippen MR) is 90.1 cm³/mol. The number of H-pyrrole nitrogens is 1. The molecule has 2 aromatic heterocycles. The quantitative estimate of drug-likeness (QED) is 0.766. The Labute approximate surface area is 143 Å². The molecule has 1 saturated heterocycles. The molecule has 7 nitrogen and oxygen atoms in total. The fourth-order valence-electron chi connectivity index (χ4n) is 3.21. The lowest BCUT2D eigenvalue weighted by Crippen LogP contribution is -2.22. The molecule has 1 aliphatic rings. The summed E-state index contributed by atoms with van der Waals surface area (Å²) in [4.78, 5) is 12.6. The number of hydrogen-bond donors (Lipinski definition) is 2. The van der Waals surface area contributed by atoms with Crippen LogP contribution in [0.25, 0.3) is 10.9 Å². The Kier molecular flexibility index (Phi) is 3.96. The molecule has 25 heavy (non-hydrogen) atoms. The lowest BCUT2D eigenvalue weighted by atomic mass is 10.1. The van der Waals surface area contributed by atoms with Crippen molar-refractivity contribution < 1.29 is 13.9 Å². The number of carbonyl (C=O) groups is 1. The highest BCUT2D eigenvalue weighted by atomic mass is 19.1. The monoisotopic (exact) mass is 343 g/mol. The lowest BCUT2D eigenvalue weighted by molar-refractivity contribution is 0.0656. The molecule has 0 aliphatic carbocycles. The smallest absolute Gasteiger partial charge is 0.260 e. The van der Waals surface area contributed by atoms with Gasteiger partial charge in [-0.1, -0.05) is 0 Å². The second kappa shape index (κ2) is 6.29. The Hall–Kier alpha value is -2.74. The molecule has 3 heterocycles. The number of fused-ring (bicyclic) bond motifs is 1. The first-order valence-corrected chi connectivity index (χ1v) is 8.20. The summed E-state index contributed by atoms with van der Waals surface area (Å²) in [6.45, 7) is 3.30. The summed E-state index contributed by atoms with van der Waals surface area (Å²) in [7, 11) is 0. The minimum absolute atomic E-state index is 0.254. The van der Waals surface area contributed by atoms with Gasteiger partial charge in [-0.3, -0.25) is 14.6 Å². The van der Waals surface area contributed by atoms with Gasteiger partial charge >= 0.3 is 0 Å². The van der Waals surface area contributed by atoms with Crippen LogP contribution in [0.3, 0.4) is 0 Å². The van der Waals surface area contributed by atoms with Gasteiger partial charge in [-0.2, -0.15) is 10.2 Å². The molecular weight excluding hydrogens is 325 g/mol. The van der Waals surface area contributed by atoms with Crippen molar-refractivity contribution in [2.45, 2.75) is 25.8 Å². The first-order chi connectivity index (χ1) is 12.1. The molecule has 0 unspecified atom stereocenters. The maximum Gasteiger partial charge on any atom is 0.260 e. The Morgan fingerprint density at radius 2 is 2.20 bits per heavy atom. The Morgan fingerprint density at radius 1 is 1.40 bits per heavy atom. The summed E-state index contributed by atoms with van der Waals surface area (Å²) in [6.07, 6.45) is 3.35. The van der Waals surface area contributed by atoms with Crippen molar-refractivity contribution >= 4 is 22.6 Å². The van der Waals surface area contributed by atoms with Gasteiger partial charge in [0, 0.05) is 24.3 Å². The van der Waals surface area contributed by atoms with Crippen molar-refractivity contribution in [2.24, 2.45) is 0 Å². The van der Waals surface area contributed by atoms with Gasteiger partial charge in [0.15, 0.2) is 5.82 Å². The summed E-state index contributed by atoms with van der Waals surface area (Å²) in [5.74, 6) is -0.269. The molecule has 0 bridgehead atoms. The molecule has 8 heteroatoms. The number of aromatic amines is 1. The second-order valence-corrected chi connectivity index (χ2v) is 6.15. The van der Waals surface area contributed by atoms with Crippen molar-refractivity contribution in [3.63, 3.8) is 0 Å². The van der Waals surface area contributed by atoms with Gasteiger partial charge in [0.2, 0.25) is 0 Å². The highest BCUT2D eigenvalue weighted by Crippen LogP contribution is 2.25. The lowest BCUT2D eigenvalue weighted by Gasteiger charge is -2.23. The number of anilines is 1. The molecule has 1 amide bonds. The van der Waals surface area contributed by atoms with Crippen molar-refractivity contribution in [2.75, 3.05) is 18.5 Å². The standard InChI is InChI=1S/C17H18FN5O2/c1-10-14(9-19-23(10)12-4-6-25-7-5-12)17(24)20-16-13-3-2-11(18)8-15(13)21-22-16/h2-3,8-9,12H,4-7H2,1H3,(H2,20,21,22,24). The third kappa shape index (κ3) is 2.89. The van der Waals surface area contributed by atoms with E-state index < -0.39 is 0 Å². The number of amides is 1. The fourth-order valence-corrected chi connectivity index (χ4v) is 3.21. The van der Waals surface area contributed by atoms with Gasteiger partial charge in [-0.05, 0) is 38.0 Å². The molecule has 1 aromatic carbocycles. The van der Waals surface area contributed by atoms with Crippen molar-refractivity contribution in [3.05, 3.63) is 41.5 Å². The second-order valence-electron chi connectivity index (χ2n) is 6.15. The minimum Gasteiger partial charge on any atom is -0.381 e. The van der Waals surface area contributed by atoms with E-state index in [2.05, 4.69) is 20.6 Å². The molecule has 3 aromatic rings. The average Bonchev–Trinajstić information content (AvgIpc) is 3.19. The van der Waals surface area contributed by atoms with Crippen LogP contribution >= 0.6 is 0 Å². The molecular formula is C17H18FN5O2. The molecule has 130 valence electrons. The largest absolute Gasteiger partial charge is 0.381 e. The van der Waals surface area contributed by atoms with Crippen LogP contribution in [0.5, 0.6) is 0 Å². The van der Waals surface area contributed by atoms with E-state index in [-0.39, 0.29) is 17.8 Å². The van der Waals surface area contributed by atoms with Gasteiger partial charge in [-0.25, -0.2) is 4.39 Å². The van der Waals surface area contributed by atoms with E-state index in [1.807, 2.05) is 11.6 Å². The molecule has 1 fully saturated rings. The molecule has 0 spiro atoms. The maximum absolute atomic E-state index is 13.3. The number of benzene rings is 1. The zero-order chi connectivity index (χ0) is 17.4. The molecule has 1 aliphatic heterocycles. The number of hydrogen-bond acceptors (Lipinski definition) is 4. The summed E-state index contributed by atoms with van der Waals surface area (Å²) >= 11 is 0. The van der Waals surface area contributed by atoms with E-state index in [1.54, 1.807) is 12.3 Å². The molecule has 2 N–H and O–H groups in total. The Bertz CT molecular complexity index is 926. The van der Waals surface area contributed by atoms with E-state index in [9.17, 15) is 9.18 Å². The normalized spacial score (nSPS) is 15.6. The molecule has 0 radical (unpaired) electrons. The summed E-state index contributed by atoms with van der Waals surface area (Å²) in [6, 6.07) is 4.51. The summed E-state index contributed by atoms with van der Waals surface area (Å²) in [5.41, 5.74) is 1.85. The number of halogens is 1. The molecule has 4 rings (SSSR count). The van der Waals surface area contributed by atoms with E-state index >= 15 is 0 Å². The van der Waals surface area contributed by atoms with Crippen LogP contribution in [-0.2, 0) is 4.74 Å². The number of ether oxygens (including phenoxy) is 1. The molecule has 0 atom stereocenters. The number of nitrogens with zero attached hydrogens (tertiary/aromatic N) is 3. The number of rotatable bonds is 3. The van der Waals surface area contributed by atoms with Crippen LogP contribution in [0.2, 0.25) is 0 Å². The maximum atomic E-state index is 13.3. The number of aromatic nitrogens is 4. The van der Waals surface area contributed by atoms with E-state index in [1.165, 1.54) is 12.1 Å². The summed E-state index contributed by atoms with van der Waals surface area (Å²) < 4.78 is 20.5. The SMILES string of the molecule is Cc1c(C(=O)Nc2n[nH]c3cc(F)ccc23)cnn1C1CCOCC1. The van der Waals surface area contributed by atoms with Gasteiger partial charge in [0.05, 0.1) is 23.3 Å². The van der Waals surface area contributed by atoms with Gasteiger partial charge in [0.25, 0.3) is 5.91 Å². The Balaban J connectivity index is 1.57. The molecule has 0 saturated carbocycles. The highest BCUT2D eigenvalue weighted by Gasteiger charge is 2.22. The number of nitrogens with one attached hydrogen (secondary N) is 2. The first-order valence-electron chi connectivity index (χ1n) is 8.20. The minimum atomic E-state index is -0.359. The third-order valence-corrected chi connectivity index (χ3v) is 4.58. The van der Waals surface area contributed by atoms with E-state index in [0.717, 1.165) is 18.5 Å². The fraction of sp³-hybridized carbons (Fsp3) is 0.353. The van der Waals surface area contributed by atoms with Crippen LogP contribution in [-0.4, -0.2) is 39.1 Å². The average molecular weight is 343 g/mol. The first kappa shape index (κ1) is 15.8. The van der Waals surface area contributed by atoms with Crippen LogP contribution in [0.4, 0.5) is 10.2 Å². The van der Waals surface area contributed by atoms with Gasteiger partial charge < -0.3 is 10.1 Å². The van der Waals surface area contributed by atoms with Crippen LogP contribution in [0, 0.1) is 12.7 Å². The number of carbonyl (C=O) groups excluding carboxylic acids is 1. The van der Waals surface area contributed by atoms with Crippen LogP contribution in [0.1, 0.15) is 34.9 Å².